The molecule has 0 heterocycles. The molecule has 0 saturated carbocycles. The van der Waals surface area contributed by atoms with Crippen LogP contribution in [0, 0.1) is 0 Å². The minimum atomic E-state index is -0.740. The van der Waals surface area contributed by atoms with Crippen LogP contribution in [0.25, 0.3) is 0 Å². The zero-order valence-electron chi connectivity index (χ0n) is 25.0. The highest BCUT2D eigenvalue weighted by molar-refractivity contribution is 8.01. The lowest BCUT2D eigenvalue weighted by Crippen LogP contribution is -2.38. The smallest absolute Gasteiger partial charge is 0.322 e. The third kappa shape index (κ3) is 12.5. The number of thioether (sulfide) groups is 1. The molecule has 0 bridgehead atoms. The number of ether oxygens (including phenoxy) is 2. The second-order valence-electron chi connectivity index (χ2n) is 10.6. The van der Waals surface area contributed by atoms with Crippen LogP contribution in [0.4, 0.5) is 4.39 Å². The molecule has 1 amide bonds. The number of benzene rings is 1. The van der Waals surface area contributed by atoms with E-state index in [1.54, 1.807) is 13.2 Å². The lowest BCUT2D eigenvalue weighted by Gasteiger charge is -2.30. The Morgan fingerprint density at radius 2 is 1.79 bits per heavy atom. The molecule has 218 valence electrons. The van der Waals surface area contributed by atoms with Crippen molar-refractivity contribution in [3.8, 4) is 0 Å². The van der Waals surface area contributed by atoms with Gasteiger partial charge in [0, 0.05) is 36.4 Å². The summed E-state index contributed by atoms with van der Waals surface area (Å²) in [7, 11) is 1.62. The quantitative estimate of drug-likeness (QED) is 0.131. The fraction of sp³-hybridized carbons (Fsp3) is 0.548. The largest absolute Gasteiger partial charge is 0.459 e. The third-order valence-corrected chi connectivity index (χ3v) is 7.52. The van der Waals surface area contributed by atoms with Gasteiger partial charge in [0.25, 0.3) is 0 Å². The van der Waals surface area contributed by atoms with E-state index in [0.29, 0.717) is 31.0 Å². The Hall–Kier alpha value is -2.42. The van der Waals surface area contributed by atoms with Crippen molar-refractivity contribution in [2.45, 2.75) is 83.1 Å². The molecule has 39 heavy (non-hydrogen) atoms. The Bertz CT molecular complexity index is 1020. The first-order chi connectivity index (χ1) is 18.3. The monoisotopic (exact) mass is 562 g/mol. The van der Waals surface area contributed by atoms with Crippen LogP contribution in [0.1, 0.15) is 66.9 Å². The van der Waals surface area contributed by atoms with Gasteiger partial charge in [-0.05, 0) is 71.2 Å². The van der Waals surface area contributed by atoms with E-state index < -0.39 is 17.0 Å². The summed E-state index contributed by atoms with van der Waals surface area (Å²) in [6, 6.07) is 7.93. The third-order valence-electron chi connectivity index (χ3n) is 6.34. The van der Waals surface area contributed by atoms with Gasteiger partial charge in [-0.2, -0.15) is 0 Å². The Kier molecular flexibility index (Phi) is 14.8. The number of carbonyl (C=O) groups is 2. The van der Waals surface area contributed by atoms with E-state index in [1.807, 2.05) is 77.6 Å². The fourth-order valence-corrected chi connectivity index (χ4v) is 4.37. The molecule has 0 aliphatic carbocycles. The fourth-order valence-electron chi connectivity index (χ4n) is 3.38. The molecule has 0 aliphatic rings. The Morgan fingerprint density at radius 1 is 1.15 bits per heavy atom. The first kappa shape index (κ1) is 34.6. The summed E-state index contributed by atoms with van der Waals surface area (Å²) in [5.74, 6) is -0.499. The number of halogens is 1. The molecule has 1 rings (SSSR count). The predicted molar refractivity (Wildman–Crippen MR) is 159 cm³/mol. The summed E-state index contributed by atoms with van der Waals surface area (Å²) < 4.78 is 23.9. The Balaban J connectivity index is 2.94. The number of amides is 1. The van der Waals surface area contributed by atoms with Crippen molar-refractivity contribution in [3.63, 3.8) is 0 Å². The SMILES string of the molecule is C=C/C(NC(=O)CN(CCOC)Cc1ccc(SC(C)(C)C(=O)OC(C)(C)CC)cc1)=C(\C=C(/C)CC)CF. The van der Waals surface area contributed by atoms with E-state index >= 15 is 0 Å². The van der Waals surface area contributed by atoms with Crippen molar-refractivity contribution in [2.24, 2.45) is 0 Å². The van der Waals surface area contributed by atoms with Gasteiger partial charge in [0.05, 0.1) is 13.2 Å². The predicted octanol–water partition coefficient (Wildman–Crippen LogP) is 6.62. The first-order valence-corrected chi connectivity index (χ1v) is 14.2. The summed E-state index contributed by atoms with van der Waals surface area (Å²) in [6.45, 7) is 18.2. The molecule has 0 spiro atoms. The van der Waals surface area contributed by atoms with Gasteiger partial charge >= 0.3 is 5.97 Å². The number of hydrogen-bond acceptors (Lipinski definition) is 6. The molecule has 0 unspecified atom stereocenters. The number of nitrogens with zero attached hydrogens (tertiary/aromatic N) is 1. The second kappa shape index (κ2) is 16.6. The lowest BCUT2D eigenvalue weighted by atomic mass is 10.1. The Morgan fingerprint density at radius 3 is 2.31 bits per heavy atom. The molecule has 1 aromatic rings. The van der Waals surface area contributed by atoms with Crippen LogP contribution < -0.4 is 5.32 Å². The molecule has 1 N–H and O–H groups in total. The lowest BCUT2D eigenvalue weighted by molar-refractivity contribution is -0.158. The maximum Gasteiger partial charge on any atom is 0.322 e. The molecule has 0 saturated heterocycles. The van der Waals surface area contributed by atoms with Crippen LogP contribution in [0.3, 0.4) is 0 Å². The van der Waals surface area contributed by atoms with Crippen molar-refractivity contribution in [3.05, 3.63) is 65.4 Å². The van der Waals surface area contributed by atoms with E-state index in [2.05, 4.69) is 11.9 Å². The number of hydrogen-bond donors (Lipinski definition) is 1. The molecule has 0 aromatic heterocycles. The number of esters is 1. The molecule has 0 radical (unpaired) electrons. The standard InChI is InChI=1S/C31H47FN2O4S/c1-10-23(4)19-25(20-32)27(11-2)33-28(35)22-34(17-18-37-9)21-24-13-15-26(16-14-24)39-31(7,8)29(36)38-30(5,6)12-3/h11,13-16,19H,2,10,12,17-18,20-22H2,1,3-9H3,(H,33,35)/b23-19+,27-25-. The number of methoxy groups -OCH3 is 1. The number of carbonyl (C=O) groups excluding carboxylic acids is 2. The van der Waals surface area contributed by atoms with Gasteiger partial charge in [-0.15, -0.1) is 11.8 Å². The van der Waals surface area contributed by atoms with E-state index in [9.17, 15) is 14.0 Å². The van der Waals surface area contributed by atoms with Gasteiger partial charge in [0.15, 0.2) is 0 Å². The van der Waals surface area contributed by atoms with Gasteiger partial charge < -0.3 is 14.8 Å². The van der Waals surface area contributed by atoms with Gasteiger partial charge in [0.1, 0.15) is 17.0 Å². The van der Waals surface area contributed by atoms with Crippen LogP contribution >= 0.6 is 11.8 Å². The maximum atomic E-state index is 13.7. The van der Waals surface area contributed by atoms with E-state index in [-0.39, 0.29) is 18.4 Å². The number of alkyl halides is 1. The molecule has 0 fully saturated rings. The normalized spacial score (nSPS) is 13.2. The van der Waals surface area contributed by atoms with Crippen LogP contribution in [0.15, 0.2) is 64.7 Å². The maximum absolute atomic E-state index is 13.7. The summed E-state index contributed by atoms with van der Waals surface area (Å²) in [6.07, 6.45) is 4.76. The van der Waals surface area contributed by atoms with Crippen LogP contribution in [-0.4, -0.2) is 60.6 Å². The van der Waals surface area contributed by atoms with Crippen molar-refractivity contribution < 1.29 is 23.5 Å². The minimum Gasteiger partial charge on any atom is -0.459 e. The van der Waals surface area contributed by atoms with Crippen LogP contribution in [0.5, 0.6) is 0 Å². The van der Waals surface area contributed by atoms with Crippen molar-refractivity contribution in [1.82, 2.24) is 10.2 Å². The highest BCUT2D eigenvalue weighted by Crippen LogP contribution is 2.35. The number of nitrogens with one attached hydrogen (secondary N) is 1. The average Bonchev–Trinajstić information content (AvgIpc) is 2.89. The van der Waals surface area contributed by atoms with Gasteiger partial charge in [-0.3, -0.25) is 14.5 Å². The molecule has 1 aromatic carbocycles. The van der Waals surface area contributed by atoms with Gasteiger partial charge in [-0.1, -0.05) is 44.2 Å². The van der Waals surface area contributed by atoms with E-state index in [0.717, 1.165) is 28.9 Å². The highest BCUT2D eigenvalue weighted by Gasteiger charge is 2.34. The first-order valence-electron chi connectivity index (χ1n) is 13.4. The molecular formula is C31H47FN2O4S. The van der Waals surface area contributed by atoms with Crippen molar-refractivity contribution >= 4 is 23.6 Å². The van der Waals surface area contributed by atoms with Crippen LogP contribution in [0.2, 0.25) is 0 Å². The summed E-state index contributed by atoms with van der Waals surface area (Å²) in [5.41, 5.74) is 2.31. The van der Waals surface area contributed by atoms with E-state index in [1.165, 1.54) is 17.8 Å². The summed E-state index contributed by atoms with van der Waals surface area (Å²) in [5, 5.41) is 2.81. The number of rotatable bonds is 17. The highest BCUT2D eigenvalue weighted by atomic mass is 32.2. The molecule has 6 nitrogen and oxygen atoms in total. The van der Waals surface area contributed by atoms with Gasteiger partial charge in [0.2, 0.25) is 5.91 Å². The molecule has 8 heteroatoms. The van der Waals surface area contributed by atoms with Crippen molar-refractivity contribution in [2.75, 3.05) is 33.5 Å². The number of allylic oxidation sites excluding steroid dienone is 4. The van der Waals surface area contributed by atoms with Gasteiger partial charge in [-0.25, -0.2) is 4.39 Å². The zero-order chi connectivity index (χ0) is 29.6. The zero-order valence-corrected chi connectivity index (χ0v) is 25.8. The van der Waals surface area contributed by atoms with E-state index in [4.69, 9.17) is 9.47 Å². The van der Waals surface area contributed by atoms with Crippen molar-refractivity contribution in [1.29, 1.82) is 0 Å². The molecule has 0 atom stereocenters. The van der Waals surface area contributed by atoms with Crippen LogP contribution in [-0.2, 0) is 25.6 Å². The Labute approximate surface area is 239 Å². The summed E-state index contributed by atoms with van der Waals surface area (Å²) >= 11 is 1.45. The minimum absolute atomic E-state index is 0.110. The second-order valence-corrected chi connectivity index (χ2v) is 12.3. The summed E-state index contributed by atoms with van der Waals surface area (Å²) in [4.78, 5) is 28.6. The molecule has 0 aliphatic heterocycles. The average molecular weight is 563 g/mol. The topological polar surface area (TPSA) is 67.9 Å². The molecular weight excluding hydrogens is 515 g/mol.